The Morgan fingerprint density at radius 3 is 2.95 bits per heavy atom. The average molecular weight is 280 g/mol. The predicted octanol–water partition coefficient (Wildman–Crippen LogP) is 2.01. The van der Waals surface area contributed by atoms with Gasteiger partial charge in [0, 0.05) is 6.54 Å². The van der Waals surface area contributed by atoms with Gasteiger partial charge in [0.25, 0.3) is 0 Å². The molecule has 0 aliphatic carbocycles. The van der Waals surface area contributed by atoms with E-state index >= 15 is 0 Å². The first kappa shape index (κ1) is 14.8. The molecule has 0 radical (unpaired) electrons. The number of amides is 1. The number of rotatable bonds is 4. The lowest BCUT2D eigenvalue weighted by Gasteiger charge is -2.24. The summed E-state index contributed by atoms with van der Waals surface area (Å²) in [5.74, 6) is -0.163. The Labute approximate surface area is 118 Å². The third kappa shape index (κ3) is 3.48. The van der Waals surface area contributed by atoms with E-state index in [1.807, 2.05) is 6.92 Å². The van der Waals surface area contributed by atoms with Gasteiger partial charge < -0.3 is 15.4 Å². The van der Waals surface area contributed by atoms with Gasteiger partial charge in [-0.15, -0.1) is 0 Å². The minimum Gasteiger partial charge on any atom is -0.494 e. The lowest BCUT2D eigenvalue weighted by molar-refractivity contribution is -0.126. The molecule has 2 N–H and O–H groups in total. The van der Waals surface area contributed by atoms with Crippen LogP contribution in [0.1, 0.15) is 31.4 Å². The summed E-state index contributed by atoms with van der Waals surface area (Å²) in [5.41, 5.74) is 0.736. The second-order valence-electron chi connectivity index (χ2n) is 5.17. The first-order valence-electron chi connectivity index (χ1n) is 6.96. The van der Waals surface area contributed by atoms with E-state index in [1.54, 1.807) is 12.1 Å². The molecule has 2 atom stereocenters. The number of hydrogen-bond donors (Lipinski definition) is 2. The zero-order valence-electron chi connectivity index (χ0n) is 11.9. The van der Waals surface area contributed by atoms with Crippen molar-refractivity contribution in [2.45, 2.75) is 25.8 Å². The Hall–Kier alpha value is -1.62. The molecule has 1 aliphatic rings. The van der Waals surface area contributed by atoms with Gasteiger partial charge in [0.1, 0.15) is 0 Å². The van der Waals surface area contributed by atoms with Gasteiger partial charge in [-0.25, -0.2) is 4.39 Å². The molecule has 0 saturated carbocycles. The molecule has 20 heavy (non-hydrogen) atoms. The van der Waals surface area contributed by atoms with Gasteiger partial charge in [0.2, 0.25) is 5.91 Å². The summed E-state index contributed by atoms with van der Waals surface area (Å²) in [6, 6.07) is 4.54. The van der Waals surface area contributed by atoms with Crippen LogP contribution in [0.4, 0.5) is 4.39 Å². The van der Waals surface area contributed by atoms with Crippen LogP contribution in [0.2, 0.25) is 0 Å². The van der Waals surface area contributed by atoms with E-state index in [0.717, 1.165) is 31.5 Å². The molecule has 4 nitrogen and oxygen atoms in total. The van der Waals surface area contributed by atoms with Gasteiger partial charge in [-0.3, -0.25) is 4.79 Å². The van der Waals surface area contributed by atoms with Crippen LogP contribution in [0, 0.1) is 11.7 Å². The van der Waals surface area contributed by atoms with Crippen molar-refractivity contribution >= 4 is 5.91 Å². The standard InChI is InChI=1S/C15H21FN2O2/c1-10(11-5-6-14(20-2)13(16)8-11)18-15(19)12-4-3-7-17-9-12/h5-6,8,10,12,17H,3-4,7,9H2,1-2H3,(H,18,19)/t10?,12-/m0/s1. The Bertz CT molecular complexity index is 473. The molecule has 2 rings (SSSR count). The number of carbonyl (C=O) groups excluding carboxylic acids is 1. The zero-order chi connectivity index (χ0) is 14.5. The maximum absolute atomic E-state index is 13.7. The highest BCUT2D eigenvalue weighted by molar-refractivity contribution is 5.79. The fourth-order valence-corrected chi connectivity index (χ4v) is 2.44. The van der Waals surface area contributed by atoms with E-state index in [2.05, 4.69) is 10.6 Å². The summed E-state index contributed by atoms with van der Waals surface area (Å²) in [4.78, 5) is 12.1. The number of nitrogens with one attached hydrogen (secondary N) is 2. The van der Waals surface area contributed by atoms with E-state index < -0.39 is 5.82 Å². The minimum absolute atomic E-state index is 0.00861. The zero-order valence-corrected chi connectivity index (χ0v) is 11.9. The Balaban J connectivity index is 1.98. The quantitative estimate of drug-likeness (QED) is 0.887. The van der Waals surface area contributed by atoms with Crippen LogP contribution in [0.15, 0.2) is 18.2 Å². The third-order valence-corrected chi connectivity index (χ3v) is 3.70. The summed E-state index contributed by atoms with van der Waals surface area (Å²) in [7, 11) is 1.43. The maximum atomic E-state index is 13.7. The average Bonchev–Trinajstić information content (AvgIpc) is 2.48. The fourth-order valence-electron chi connectivity index (χ4n) is 2.44. The van der Waals surface area contributed by atoms with Crippen molar-refractivity contribution in [1.29, 1.82) is 0 Å². The molecule has 0 bridgehead atoms. The summed E-state index contributed by atoms with van der Waals surface area (Å²) >= 11 is 0. The number of benzene rings is 1. The molecular weight excluding hydrogens is 259 g/mol. The fraction of sp³-hybridized carbons (Fsp3) is 0.533. The van der Waals surface area contributed by atoms with E-state index in [1.165, 1.54) is 13.2 Å². The lowest BCUT2D eigenvalue weighted by Crippen LogP contribution is -2.41. The first-order chi connectivity index (χ1) is 9.61. The van der Waals surface area contributed by atoms with E-state index in [9.17, 15) is 9.18 Å². The second kappa shape index (κ2) is 6.70. The van der Waals surface area contributed by atoms with Gasteiger partial charge in [0.15, 0.2) is 11.6 Å². The largest absolute Gasteiger partial charge is 0.494 e. The van der Waals surface area contributed by atoms with E-state index in [0.29, 0.717) is 0 Å². The van der Waals surface area contributed by atoms with Crippen LogP contribution in [-0.2, 0) is 4.79 Å². The molecule has 0 aromatic heterocycles. The molecular formula is C15H21FN2O2. The van der Waals surface area contributed by atoms with Crippen molar-refractivity contribution in [1.82, 2.24) is 10.6 Å². The van der Waals surface area contributed by atoms with Crippen molar-refractivity contribution < 1.29 is 13.9 Å². The van der Waals surface area contributed by atoms with Crippen molar-refractivity contribution in [3.8, 4) is 5.75 Å². The van der Waals surface area contributed by atoms with Gasteiger partial charge in [-0.05, 0) is 44.0 Å². The van der Waals surface area contributed by atoms with Gasteiger partial charge >= 0.3 is 0 Å². The molecule has 5 heteroatoms. The maximum Gasteiger partial charge on any atom is 0.224 e. The van der Waals surface area contributed by atoms with Crippen molar-refractivity contribution in [3.63, 3.8) is 0 Å². The summed E-state index contributed by atoms with van der Waals surface area (Å²) in [5, 5.41) is 6.16. The number of hydrogen-bond acceptors (Lipinski definition) is 3. The molecule has 110 valence electrons. The molecule has 1 aliphatic heterocycles. The van der Waals surface area contributed by atoms with Gasteiger partial charge in [-0.1, -0.05) is 6.07 Å². The van der Waals surface area contributed by atoms with Crippen molar-refractivity contribution in [2.75, 3.05) is 20.2 Å². The minimum atomic E-state index is -0.412. The number of piperidine rings is 1. The number of halogens is 1. The van der Waals surface area contributed by atoms with Crippen molar-refractivity contribution in [3.05, 3.63) is 29.6 Å². The summed E-state index contributed by atoms with van der Waals surface area (Å²) in [6.07, 6.45) is 1.92. The smallest absolute Gasteiger partial charge is 0.224 e. The van der Waals surface area contributed by atoms with Crippen LogP contribution < -0.4 is 15.4 Å². The molecule has 1 aromatic rings. The topological polar surface area (TPSA) is 50.4 Å². The van der Waals surface area contributed by atoms with E-state index in [4.69, 9.17) is 4.74 Å². The van der Waals surface area contributed by atoms with Crippen molar-refractivity contribution in [2.24, 2.45) is 5.92 Å². The third-order valence-electron chi connectivity index (χ3n) is 3.70. The molecule has 0 spiro atoms. The highest BCUT2D eigenvalue weighted by atomic mass is 19.1. The van der Waals surface area contributed by atoms with Crippen LogP contribution in [0.25, 0.3) is 0 Å². The van der Waals surface area contributed by atoms with Gasteiger partial charge in [0.05, 0.1) is 19.1 Å². The van der Waals surface area contributed by atoms with Crippen LogP contribution in [-0.4, -0.2) is 26.1 Å². The lowest BCUT2D eigenvalue weighted by atomic mass is 9.98. The Morgan fingerprint density at radius 1 is 1.55 bits per heavy atom. The second-order valence-corrected chi connectivity index (χ2v) is 5.17. The summed E-state index contributed by atoms with van der Waals surface area (Å²) < 4.78 is 18.5. The van der Waals surface area contributed by atoms with Crippen LogP contribution in [0.5, 0.6) is 5.75 Å². The molecule has 1 fully saturated rings. The predicted molar refractivity (Wildman–Crippen MR) is 75.1 cm³/mol. The van der Waals surface area contributed by atoms with Gasteiger partial charge in [-0.2, -0.15) is 0 Å². The Morgan fingerprint density at radius 2 is 2.35 bits per heavy atom. The molecule has 1 unspecified atom stereocenters. The molecule has 1 amide bonds. The SMILES string of the molecule is COc1ccc(C(C)NC(=O)[C@H]2CCCNC2)cc1F. The molecule has 1 aromatic carbocycles. The highest BCUT2D eigenvalue weighted by Gasteiger charge is 2.22. The van der Waals surface area contributed by atoms with Crippen LogP contribution >= 0.6 is 0 Å². The highest BCUT2D eigenvalue weighted by Crippen LogP contribution is 2.22. The normalized spacial score (nSPS) is 20.2. The number of methoxy groups -OCH3 is 1. The molecule has 1 heterocycles. The van der Waals surface area contributed by atoms with Crippen LogP contribution in [0.3, 0.4) is 0 Å². The number of carbonyl (C=O) groups is 1. The monoisotopic (exact) mass is 280 g/mol. The first-order valence-corrected chi connectivity index (χ1v) is 6.96. The van der Waals surface area contributed by atoms with E-state index in [-0.39, 0.29) is 23.6 Å². The molecule has 1 saturated heterocycles. The number of ether oxygens (including phenoxy) is 1. The summed E-state index contributed by atoms with van der Waals surface area (Å²) in [6.45, 7) is 3.55. The Kier molecular flexibility index (Phi) is 4.95.